The molecule has 18 nitrogen and oxygen atoms in total. The standard InChI is InChI=1S/2C26H22N2.C24H22N2.6CH5BO2/c2*1-3-9-21(10-4-1)19-27-17-7-13-23-24-14-8-18-28(26(24)16-15-25(23)27)20-22-11-5-2-6-12-22;1-3-7-21(8-4-1)19-25-15-11-23(12-16-25)24-13-17-26(18-14-24)20-22-9-5-2-6-10-22;6*1-2(3)4/h2*1-18H,19-20H2;1-18H,19-20H2;6*3-4H,1H3/q3*+2;;;;;;. The van der Waals surface area contributed by atoms with Crippen LogP contribution in [0.25, 0.3) is 54.7 Å². The molecule has 0 saturated heterocycles. The first-order chi connectivity index (χ1) is 51.0. The average molecular weight is 1420 g/mol. The number of rotatable bonds is 13. The van der Waals surface area contributed by atoms with Crippen molar-refractivity contribution < 1.29 is 87.7 Å². The molecule has 0 unspecified atom stereocenters. The van der Waals surface area contributed by atoms with Crippen LogP contribution in [0.3, 0.4) is 0 Å². The van der Waals surface area contributed by atoms with E-state index in [2.05, 4.69) is 356 Å². The number of benzene rings is 8. The predicted molar refractivity (Wildman–Crippen MR) is 426 cm³/mol. The Hall–Kier alpha value is -10.4. The molecule has 14 aromatic rings. The maximum atomic E-state index is 7.61. The molecule has 538 valence electrons. The van der Waals surface area contributed by atoms with Crippen LogP contribution in [0.15, 0.2) is 329 Å². The van der Waals surface area contributed by atoms with Gasteiger partial charge in [-0.1, -0.05) is 182 Å². The molecule has 0 atom stereocenters. The SMILES string of the molecule is CB(O)O.CB(O)O.CB(O)O.CB(O)O.CB(O)O.CB(O)O.c1ccc(C[n+]2ccc(-c3cc[n+](Cc4ccccc4)cc3)cc2)cc1.c1ccc(C[n+]2cccc3c4ccc[n+](Cc5ccccc5)c4ccc32)cc1.c1ccc(C[n+]2cccc3c4ccc[n+](Cc5ccccc5)c4ccc32)cc1. The molecule has 0 amide bonds. The predicted octanol–water partition coefficient (Wildman–Crippen LogP) is 7.89. The summed E-state index contributed by atoms with van der Waals surface area (Å²) in [5.41, 5.74) is 15.4. The minimum absolute atomic E-state index is 0.876. The Morgan fingerprint density at radius 2 is 0.349 bits per heavy atom. The van der Waals surface area contributed by atoms with Gasteiger partial charge in [0.2, 0.25) is 22.1 Å². The van der Waals surface area contributed by atoms with Gasteiger partial charge in [0.1, 0.15) is 0 Å². The lowest BCUT2D eigenvalue weighted by Gasteiger charge is -2.06. The quantitative estimate of drug-likeness (QED) is 0.0299. The first-order valence-electron chi connectivity index (χ1n) is 34.9. The molecule has 0 aliphatic carbocycles. The first-order valence-corrected chi connectivity index (χ1v) is 34.9. The van der Waals surface area contributed by atoms with Crippen LogP contribution in [0.1, 0.15) is 33.4 Å². The highest BCUT2D eigenvalue weighted by atomic mass is 16.4. The Morgan fingerprint density at radius 1 is 0.189 bits per heavy atom. The highest BCUT2D eigenvalue weighted by Gasteiger charge is 2.20. The van der Waals surface area contributed by atoms with Crippen molar-refractivity contribution >= 4 is 86.3 Å². The Bertz CT molecular complexity index is 4210. The maximum Gasteiger partial charge on any atom is 0.448 e. The molecule has 0 radical (unpaired) electrons. The Labute approximate surface area is 624 Å². The van der Waals surface area contributed by atoms with Crippen molar-refractivity contribution in [2.24, 2.45) is 0 Å². The van der Waals surface area contributed by atoms with Crippen molar-refractivity contribution in [3.63, 3.8) is 0 Å². The van der Waals surface area contributed by atoms with Gasteiger partial charge in [-0.05, 0) is 76.3 Å². The van der Waals surface area contributed by atoms with Crippen molar-refractivity contribution in [3.05, 3.63) is 362 Å². The second-order valence-electron chi connectivity index (χ2n) is 24.6. The summed E-state index contributed by atoms with van der Waals surface area (Å²) < 4.78 is 13.7. The third-order valence-electron chi connectivity index (χ3n) is 15.2. The second-order valence-corrected chi connectivity index (χ2v) is 24.6. The van der Waals surface area contributed by atoms with Crippen molar-refractivity contribution in [3.8, 4) is 11.1 Å². The summed E-state index contributed by atoms with van der Waals surface area (Å²) >= 11 is 0. The topological polar surface area (TPSA) is 266 Å². The van der Waals surface area contributed by atoms with Crippen LogP contribution in [0.2, 0.25) is 40.9 Å². The molecule has 0 aliphatic heterocycles. The molecule has 14 rings (SSSR count). The van der Waals surface area contributed by atoms with Gasteiger partial charge in [-0.15, -0.1) is 0 Å². The van der Waals surface area contributed by atoms with E-state index in [0.29, 0.717) is 0 Å². The Morgan fingerprint density at radius 3 is 0.519 bits per heavy atom. The molecule has 0 spiro atoms. The summed E-state index contributed by atoms with van der Waals surface area (Å²) in [5.74, 6) is 0. The summed E-state index contributed by atoms with van der Waals surface area (Å²) in [7, 11) is -7.00. The minimum Gasteiger partial charge on any atom is -0.427 e. The maximum absolute atomic E-state index is 7.61. The summed E-state index contributed by atoms with van der Waals surface area (Å²) in [4.78, 5) is 0. The zero-order valence-corrected chi connectivity index (χ0v) is 60.9. The molecule has 12 N–H and O–H groups in total. The summed E-state index contributed by atoms with van der Waals surface area (Å²) in [6.45, 7) is 13.0. The van der Waals surface area contributed by atoms with Crippen LogP contribution in [0, 0.1) is 0 Å². The molecule has 0 aliphatic rings. The summed E-state index contributed by atoms with van der Waals surface area (Å²) in [5, 5.41) is 96.5. The van der Waals surface area contributed by atoms with E-state index in [-0.39, 0.29) is 0 Å². The van der Waals surface area contributed by atoms with E-state index in [1.807, 2.05) is 0 Å². The summed E-state index contributed by atoms with van der Waals surface area (Å²) in [6.07, 6.45) is 17.3. The fourth-order valence-corrected chi connectivity index (χ4v) is 11.0. The lowest BCUT2D eigenvalue weighted by molar-refractivity contribution is -0.688. The molecule has 6 heterocycles. The van der Waals surface area contributed by atoms with Crippen molar-refractivity contribution in [2.45, 2.75) is 80.2 Å². The highest BCUT2D eigenvalue weighted by Crippen LogP contribution is 2.24. The minimum atomic E-state index is -1.17. The van der Waals surface area contributed by atoms with E-state index in [9.17, 15) is 0 Å². The van der Waals surface area contributed by atoms with Crippen molar-refractivity contribution in [1.29, 1.82) is 0 Å². The fraction of sp³-hybridized carbons (Fsp3) is 0.146. The molecular weight excluding hydrogens is 1330 g/mol. The molecular formula is C82H96B6N6O12+6. The zero-order chi connectivity index (χ0) is 76.6. The van der Waals surface area contributed by atoms with Crippen LogP contribution in [-0.4, -0.2) is 103 Å². The van der Waals surface area contributed by atoms with Crippen LogP contribution >= 0.6 is 0 Å². The van der Waals surface area contributed by atoms with E-state index in [0.717, 1.165) is 39.3 Å². The first kappa shape index (κ1) is 84.5. The number of nitrogens with zero attached hydrogens (tertiary/aromatic N) is 6. The van der Waals surface area contributed by atoms with Crippen molar-refractivity contribution in [1.82, 2.24) is 0 Å². The van der Waals surface area contributed by atoms with Gasteiger partial charge in [0.25, 0.3) is 0 Å². The zero-order valence-electron chi connectivity index (χ0n) is 60.9. The third kappa shape index (κ3) is 31.5. The number of pyridine rings is 6. The van der Waals surface area contributed by atoms with E-state index >= 15 is 0 Å². The highest BCUT2D eigenvalue weighted by molar-refractivity contribution is 6.40. The largest absolute Gasteiger partial charge is 0.448 e. The van der Waals surface area contributed by atoms with Gasteiger partial charge < -0.3 is 60.3 Å². The average Bonchev–Trinajstić information content (AvgIpc) is 0.774. The van der Waals surface area contributed by atoms with E-state index in [1.54, 1.807) is 0 Å². The van der Waals surface area contributed by atoms with Gasteiger partial charge in [-0.25, -0.2) is 9.13 Å². The van der Waals surface area contributed by atoms with Gasteiger partial charge in [0.05, 0.1) is 21.5 Å². The molecule has 0 saturated carbocycles. The molecule has 106 heavy (non-hydrogen) atoms. The van der Waals surface area contributed by atoms with E-state index < -0.39 is 42.7 Å². The Balaban J connectivity index is 0.000000216. The summed E-state index contributed by atoms with van der Waals surface area (Å²) in [6, 6.07) is 98.8. The molecule has 6 aromatic heterocycles. The van der Waals surface area contributed by atoms with Crippen molar-refractivity contribution in [2.75, 3.05) is 0 Å². The van der Waals surface area contributed by atoms with Crippen LogP contribution in [0.5, 0.6) is 0 Å². The number of aromatic nitrogens is 6. The van der Waals surface area contributed by atoms with Crippen LogP contribution in [0.4, 0.5) is 0 Å². The molecule has 0 bridgehead atoms. The Kier molecular flexibility index (Phi) is 37.0. The number of hydrogen-bond donors (Lipinski definition) is 12. The van der Waals surface area contributed by atoms with Crippen LogP contribution in [-0.2, 0) is 39.3 Å². The van der Waals surface area contributed by atoms with Gasteiger partial charge in [0, 0.05) is 106 Å². The van der Waals surface area contributed by atoms with Gasteiger partial charge in [-0.2, -0.15) is 18.3 Å². The van der Waals surface area contributed by atoms with Gasteiger partial charge in [-0.3, -0.25) is 0 Å². The normalized spacial score (nSPS) is 10.0. The third-order valence-corrected chi connectivity index (χ3v) is 15.2. The monoisotopic (exact) mass is 1420 g/mol. The number of fused-ring (bicyclic) bond motifs is 6. The second kappa shape index (κ2) is 46.4. The molecule has 0 fully saturated rings. The fourth-order valence-electron chi connectivity index (χ4n) is 11.0. The molecule has 8 aromatic carbocycles. The van der Waals surface area contributed by atoms with E-state index in [1.165, 1.54) is 129 Å². The van der Waals surface area contributed by atoms with Crippen LogP contribution < -0.4 is 27.4 Å². The lowest BCUT2D eigenvalue weighted by Crippen LogP contribution is -2.36. The van der Waals surface area contributed by atoms with Gasteiger partial charge in [0.15, 0.2) is 88.8 Å². The lowest BCUT2D eigenvalue weighted by atomic mass is 9.99. The smallest absolute Gasteiger partial charge is 0.427 e. The number of hydrogen-bond acceptors (Lipinski definition) is 12. The molecule has 24 heteroatoms. The van der Waals surface area contributed by atoms with E-state index in [4.69, 9.17) is 60.3 Å². The van der Waals surface area contributed by atoms with Gasteiger partial charge >= 0.3 is 42.7 Å².